The van der Waals surface area contributed by atoms with Gasteiger partial charge in [-0.3, -0.25) is 9.59 Å². The van der Waals surface area contributed by atoms with Crippen LogP contribution in [0.5, 0.6) is 11.5 Å². The summed E-state index contributed by atoms with van der Waals surface area (Å²) >= 11 is 0. The van der Waals surface area contributed by atoms with E-state index in [1.807, 2.05) is 12.1 Å². The molecule has 6 heteroatoms. The highest BCUT2D eigenvalue weighted by Gasteiger charge is 2.21. The fourth-order valence-corrected chi connectivity index (χ4v) is 2.88. The van der Waals surface area contributed by atoms with Gasteiger partial charge in [0, 0.05) is 36.5 Å². The van der Waals surface area contributed by atoms with Gasteiger partial charge >= 0.3 is 0 Å². The van der Waals surface area contributed by atoms with Crippen LogP contribution in [0.15, 0.2) is 36.4 Å². The lowest BCUT2D eigenvalue weighted by atomic mass is 10.0. The molecular weight excluding hydrogens is 320 g/mol. The van der Waals surface area contributed by atoms with Gasteiger partial charge < -0.3 is 19.7 Å². The Morgan fingerprint density at radius 3 is 2.36 bits per heavy atom. The Labute approximate surface area is 146 Å². The second kappa shape index (κ2) is 6.84. The first-order valence-electron chi connectivity index (χ1n) is 7.95. The Kier molecular flexibility index (Phi) is 4.61. The molecule has 0 unspecified atom stereocenters. The molecule has 0 saturated heterocycles. The van der Waals surface area contributed by atoms with Gasteiger partial charge in [-0.15, -0.1) is 0 Å². The van der Waals surface area contributed by atoms with Crippen molar-refractivity contribution in [3.63, 3.8) is 0 Å². The number of fused-ring (bicyclic) bond motifs is 1. The number of ether oxygens (including phenoxy) is 2. The van der Waals surface area contributed by atoms with E-state index in [2.05, 4.69) is 5.32 Å². The largest absolute Gasteiger partial charge is 0.497 e. The maximum absolute atomic E-state index is 12.5. The van der Waals surface area contributed by atoms with Crippen LogP contribution in [0.25, 0.3) is 0 Å². The van der Waals surface area contributed by atoms with Crippen LogP contribution < -0.4 is 19.7 Å². The Morgan fingerprint density at radius 1 is 1.04 bits per heavy atom. The number of hydrogen-bond donors (Lipinski definition) is 1. The van der Waals surface area contributed by atoms with Crippen LogP contribution in [0.1, 0.15) is 22.3 Å². The van der Waals surface area contributed by atoms with E-state index in [1.165, 1.54) is 14.2 Å². The average Bonchev–Trinajstić information content (AvgIpc) is 2.64. The zero-order chi connectivity index (χ0) is 18.0. The molecule has 6 nitrogen and oxygen atoms in total. The number of anilines is 2. The Morgan fingerprint density at radius 2 is 1.72 bits per heavy atom. The third-order valence-corrected chi connectivity index (χ3v) is 4.29. The van der Waals surface area contributed by atoms with E-state index in [1.54, 1.807) is 36.2 Å². The van der Waals surface area contributed by atoms with Gasteiger partial charge in [-0.2, -0.15) is 0 Å². The van der Waals surface area contributed by atoms with Crippen molar-refractivity contribution < 1.29 is 19.1 Å². The zero-order valence-electron chi connectivity index (χ0n) is 14.5. The van der Waals surface area contributed by atoms with Crippen molar-refractivity contribution in [2.75, 3.05) is 31.5 Å². The SMILES string of the molecule is COc1cc(OC)cc(C(=O)Nc2ccc3c(c2)CCC(=O)N3C)c1. The molecule has 0 aromatic heterocycles. The summed E-state index contributed by atoms with van der Waals surface area (Å²) < 4.78 is 10.4. The van der Waals surface area contributed by atoms with E-state index in [0.717, 1.165) is 11.3 Å². The van der Waals surface area contributed by atoms with Crippen LogP contribution in [0.2, 0.25) is 0 Å². The maximum atomic E-state index is 12.5. The first-order valence-corrected chi connectivity index (χ1v) is 7.95. The molecular formula is C19H20N2O4. The quantitative estimate of drug-likeness (QED) is 0.929. The van der Waals surface area contributed by atoms with Gasteiger partial charge in [0.2, 0.25) is 5.91 Å². The zero-order valence-corrected chi connectivity index (χ0v) is 14.5. The molecule has 3 rings (SSSR count). The number of carbonyl (C=O) groups excluding carboxylic acids is 2. The van der Waals surface area contributed by atoms with E-state index >= 15 is 0 Å². The van der Waals surface area contributed by atoms with Gasteiger partial charge in [0.25, 0.3) is 5.91 Å². The van der Waals surface area contributed by atoms with Crippen molar-refractivity contribution in [3.05, 3.63) is 47.5 Å². The normalized spacial score (nSPS) is 13.2. The summed E-state index contributed by atoms with van der Waals surface area (Å²) in [7, 11) is 4.84. The summed E-state index contributed by atoms with van der Waals surface area (Å²) in [6.45, 7) is 0. The van der Waals surface area contributed by atoms with Crippen molar-refractivity contribution in [2.24, 2.45) is 0 Å². The minimum Gasteiger partial charge on any atom is -0.497 e. The molecule has 2 aromatic rings. The van der Waals surface area contributed by atoms with Gasteiger partial charge in [-0.25, -0.2) is 0 Å². The molecule has 1 heterocycles. The Hall–Kier alpha value is -3.02. The molecule has 0 atom stereocenters. The predicted octanol–water partition coefficient (Wildman–Crippen LogP) is 2.87. The van der Waals surface area contributed by atoms with E-state index < -0.39 is 0 Å². The van der Waals surface area contributed by atoms with Gasteiger partial charge in [0.05, 0.1) is 14.2 Å². The number of nitrogens with zero attached hydrogens (tertiary/aromatic N) is 1. The highest BCUT2D eigenvalue weighted by atomic mass is 16.5. The fraction of sp³-hybridized carbons (Fsp3) is 0.263. The second-order valence-corrected chi connectivity index (χ2v) is 5.85. The first kappa shape index (κ1) is 16.8. The number of amides is 2. The topological polar surface area (TPSA) is 67.9 Å². The number of hydrogen-bond acceptors (Lipinski definition) is 4. The summed E-state index contributed by atoms with van der Waals surface area (Å²) in [5.41, 5.74) is 3.06. The van der Waals surface area contributed by atoms with Crippen molar-refractivity contribution in [2.45, 2.75) is 12.8 Å². The number of carbonyl (C=O) groups is 2. The second-order valence-electron chi connectivity index (χ2n) is 5.85. The van der Waals surface area contributed by atoms with Crippen LogP contribution in [-0.2, 0) is 11.2 Å². The predicted molar refractivity (Wildman–Crippen MR) is 95.7 cm³/mol. The number of aryl methyl sites for hydroxylation is 1. The Bertz CT molecular complexity index is 810. The van der Waals surface area contributed by atoms with Gasteiger partial charge in [0.1, 0.15) is 11.5 Å². The molecule has 0 spiro atoms. The molecule has 0 aliphatic carbocycles. The van der Waals surface area contributed by atoms with Gasteiger partial charge in [-0.05, 0) is 42.3 Å². The molecule has 1 aliphatic heterocycles. The van der Waals surface area contributed by atoms with Crippen LogP contribution in [0.4, 0.5) is 11.4 Å². The number of methoxy groups -OCH3 is 2. The maximum Gasteiger partial charge on any atom is 0.255 e. The lowest BCUT2D eigenvalue weighted by Gasteiger charge is -2.26. The summed E-state index contributed by atoms with van der Waals surface area (Å²) in [4.78, 5) is 26.0. The van der Waals surface area contributed by atoms with E-state index in [9.17, 15) is 9.59 Å². The van der Waals surface area contributed by atoms with Gasteiger partial charge in [-0.1, -0.05) is 0 Å². The monoisotopic (exact) mass is 340 g/mol. The molecule has 0 radical (unpaired) electrons. The first-order chi connectivity index (χ1) is 12.0. The summed E-state index contributed by atoms with van der Waals surface area (Å²) in [6.07, 6.45) is 1.16. The summed E-state index contributed by atoms with van der Waals surface area (Å²) in [5.74, 6) is 0.954. The van der Waals surface area contributed by atoms with Crippen LogP contribution in [0.3, 0.4) is 0 Å². The minimum absolute atomic E-state index is 0.104. The smallest absolute Gasteiger partial charge is 0.255 e. The molecule has 2 aromatic carbocycles. The summed E-state index contributed by atoms with van der Waals surface area (Å²) in [6, 6.07) is 10.6. The van der Waals surface area contributed by atoms with Crippen molar-refractivity contribution in [1.82, 2.24) is 0 Å². The molecule has 0 saturated carbocycles. The molecule has 25 heavy (non-hydrogen) atoms. The highest BCUT2D eigenvalue weighted by molar-refractivity contribution is 6.05. The summed E-state index contributed by atoms with van der Waals surface area (Å²) in [5, 5.41) is 2.88. The van der Waals surface area contributed by atoms with Crippen LogP contribution >= 0.6 is 0 Å². The van der Waals surface area contributed by atoms with E-state index in [0.29, 0.717) is 35.6 Å². The van der Waals surface area contributed by atoms with E-state index in [-0.39, 0.29) is 11.8 Å². The third kappa shape index (κ3) is 3.42. The molecule has 130 valence electrons. The number of rotatable bonds is 4. The lowest BCUT2D eigenvalue weighted by Crippen LogP contribution is -2.31. The third-order valence-electron chi connectivity index (χ3n) is 4.29. The minimum atomic E-state index is -0.252. The van der Waals surface area contributed by atoms with Crippen LogP contribution in [0, 0.1) is 0 Å². The van der Waals surface area contributed by atoms with Crippen molar-refractivity contribution in [3.8, 4) is 11.5 Å². The van der Waals surface area contributed by atoms with E-state index in [4.69, 9.17) is 9.47 Å². The molecule has 1 N–H and O–H groups in total. The van der Waals surface area contributed by atoms with Crippen LogP contribution in [-0.4, -0.2) is 33.1 Å². The standard InChI is InChI=1S/C19H20N2O4/c1-21-17-6-5-14(8-12(17)4-7-18(21)22)20-19(23)13-9-15(24-2)11-16(10-13)25-3/h5-6,8-11H,4,7H2,1-3H3,(H,20,23). The molecule has 2 amide bonds. The molecule has 0 bridgehead atoms. The number of benzene rings is 2. The fourth-order valence-electron chi connectivity index (χ4n) is 2.88. The lowest BCUT2D eigenvalue weighted by molar-refractivity contribution is -0.118. The van der Waals surface area contributed by atoms with Gasteiger partial charge in [0.15, 0.2) is 0 Å². The number of nitrogens with one attached hydrogen (secondary N) is 1. The average molecular weight is 340 g/mol. The molecule has 0 fully saturated rings. The van der Waals surface area contributed by atoms with Crippen molar-refractivity contribution in [1.29, 1.82) is 0 Å². The highest BCUT2D eigenvalue weighted by Crippen LogP contribution is 2.30. The Balaban J connectivity index is 1.83. The molecule has 1 aliphatic rings. The van der Waals surface area contributed by atoms with Crippen molar-refractivity contribution >= 4 is 23.2 Å².